The normalized spacial score (nSPS) is 10.2. The van der Waals surface area contributed by atoms with Gasteiger partial charge in [-0.05, 0) is 13.8 Å². The van der Waals surface area contributed by atoms with Crippen LogP contribution in [-0.2, 0) is 7.05 Å². The summed E-state index contributed by atoms with van der Waals surface area (Å²) in [7, 11) is 1.84. The first-order valence-corrected chi connectivity index (χ1v) is 2.91. The Hall–Kier alpha value is -0.790. The summed E-state index contributed by atoms with van der Waals surface area (Å²) in [6.45, 7) is 3.68. The van der Waals surface area contributed by atoms with E-state index in [0.29, 0.717) is 0 Å². The van der Waals surface area contributed by atoms with E-state index in [9.17, 15) is 4.39 Å². The summed E-state index contributed by atoms with van der Waals surface area (Å²) in [5.74, 6) is -0.116. The molecule has 0 unspecified atom stereocenters. The maximum Gasteiger partial charge on any atom is 0.143 e. The van der Waals surface area contributed by atoms with Crippen LogP contribution in [0.25, 0.3) is 0 Å². The first kappa shape index (κ1) is 6.33. The van der Waals surface area contributed by atoms with Crippen LogP contribution >= 0.6 is 0 Å². The van der Waals surface area contributed by atoms with Gasteiger partial charge in [0.05, 0.1) is 0 Å². The number of aryl methyl sites for hydroxylation is 1. The monoisotopic (exact) mass is 127 g/mol. The van der Waals surface area contributed by atoms with Crippen LogP contribution in [0.3, 0.4) is 0 Å². The molecule has 0 atom stereocenters. The molecule has 0 aliphatic heterocycles. The van der Waals surface area contributed by atoms with Gasteiger partial charge >= 0.3 is 0 Å². The molecule has 1 rings (SSSR count). The number of rotatable bonds is 0. The molecule has 50 valence electrons. The lowest BCUT2D eigenvalue weighted by Crippen LogP contribution is -1.87. The Labute approximate surface area is 54.1 Å². The van der Waals surface area contributed by atoms with Gasteiger partial charge in [-0.15, -0.1) is 0 Å². The van der Waals surface area contributed by atoms with Crippen molar-refractivity contribution in [2.75, 3.05) is 0 Å². The summed E-state index contributed by atoms with van der Waals surface area (Å²) in [5, 5.41) is 0. The van der Waals surface area contributed by atoms with Crippen molar-refractivity contribution in [1.29, 1.82) is 0 Å². The minimum atomic E-state index is -0.116. The highest BCUT2D eigenvalue weighted by molar-refractivity contribution is 5.20. The number of aromatic nitrogens is 1. The average molecular weight is 127 g/mol. The van der Waals surface area contributed by atoms with Crippen molar-refractivity contribution in [1.82, 2.24) is 4.57 Å². The first-order chi connectivity index (χ1) is 4.13. The molecule has 0 bridgehead atoms. The quantitative estimate of drug-likeness (QED) is 0.500. The highest BCUT2D eigenvalue weighted by atomic mass is 19.1. The fourth-order valence-corrected chi connectivity index (χ4v) is 0.801. The van der Waals surface area contributed by atoms with E-state index in [1.165, 1.54) is 6.20 Å². The predicted molar refractivity (Wildman–Crippen MR) is 34.8 cm³/mol. The molecule has 0 fully saturated rings. The Morgan fingerprint density at radius 3 is 2.11 bits per heavy atom. The molecular formula is C7H10FN. The Balaban J connectivity index is 3.29. The zero-order chi connectivity index (χ0) is 7.02. The molecule has 0 saturated carbocycles. The molecule has 1 aromatic rings. The first-order valence-electron chi connectivity index (χ1n) is 2.91. The average Bonchev–Trinajstić information content (AvgIpc) is 1.98. The summed E-state index contributed by atoms with van der Waals surface area (Å²) >= 11 is 0. The molecule has 0 radical (unpaired) electrons. The molecule has 9 heavy (non-hydrogen) atoms. The van der Waals surface area contributed by atoms with E-state index < -0.39 is 0 Å². The fourth-order valence-electron chi connectivity index (χ4n) is 0.801. The van der Waals surface area contributed by atoms with Gasteiger partial charge in [0, 0.05) is 24.5 Å². The van der Waals surface area contributed by atoms with Crippen molar-refractivity contribution >= 4 is 0 Å². The molecular weight excluding hydrogens is 117 g/mol. The van der Waals surface area contributed by atoms with Crippen LogP contribution in [0.4, 0.5) is 4.39 Å². The minimum absolute atomic E-state index is 0.116. The summed E-state index contributed by atoms with van der Waals surface area (Å²) in [6.07, 6.45) is 1.49. The fraction of sp³-hybridized carbons (Fsp3) is 0.429. The second-order valence-electron chi connectivity index (χ2n) is 2.30. The van der Waals surface area contributed by atoms with Crippen molar-refractivity contribution in [3.8, 4) is 0 Å². The third kappa shape index (κ3) is 0.846. The summed E-state index contributed by atoms with van der Waals surface area (Å²) in [4.78, 5) is 0. The number of hydrogen-bond acceptors (Lipinski definition) is 0. The Kier molecular flexibility index (Phi) is 1.31. The Morgan fingerprint density at radius 1 is 1.44 bits per heavy atom. The smallest absolute Gasteiger partial charge is 0.143 e. The largest absolute Gasteiger partial charge is 0.352 e. The lowest BCUT2D eigenvalue weighted by molar-refractivity contribution is 0.617. The second-order valence-corrected chi connectivity index (χ2v) is 2.30. The molecule has 0 saturated heterocycles. The topological polar surface area (TPSA) is 4.93 Å². The molecule has 0 aromatic carbocycles. The maximum atomic E-state index is 12.6. The van der Waals surface area contributed by atoms with Gasteiger partial charge in [0.1, 0.15) is 5.82 Å². The van der Waals surface area contributed by atoms with Gasteiger partial charge in [-0.1, -0.05) is 0 Å². The zero-order valence-corrected chi connectivity index (χ0v) is 5.90. The van der Waals surface area contributed by atoms with E-state index >= 15 is 0 Å². The molecule has 1 aromatic heterocycles. The maximum absolute atomic E-state index is 12.6. The van der Waals surface area contributed by atoms with Gasteiger partial charge in [0.2, 0.25) is 0 Å². The molecule has 0 spiro atoms. The Morgan fingerprint density at radius 2 is 2.00 bits per heavy atom. The van der Waals surface area contributed by atoms with E-state index in [4.69, 9.17) is 0 Å². The van der Waals surface area contributed by atoms with E-state index in [2.05, 4.69) is 0 Å². The van der Waals surface area contributed by atoms with Gasteiger partial charge in [-0.25, -0.2) is 4.39 Å². The highest BCUT2D eigenvalue weighted by Gasteiger charge is 2.03. The second kappa shape index (κ2) is 1.87. The molecule has 0 aliphatic rings. The predicted octanol–water partition coefficient (Wildman–Crippen LogP) is 1.78. The molecule has 2 heteroatoms. The summed E-state index contributed by atoms with van der Waals surface area (Å²) < 4.78 is 14.4. The lowest BCUT2D eigenvalue weighted by atomic mass is 10.3. The minimum Gasteiger partial charge on any atom is -0.352 e. The molecule has 0 aliphatic carbocycles. The van der Waals surface area contributed by atoms with Crippen molar-refractivity contribution in [2.45, 2.75) is 13.8 Å². The van der Waals surface area contributed by atoms with Gasteiger partial charge in [0.15, 0.2) is 0 Å². The van der Waals surface area contributed by atoms with Crippen LogP contribution < -0.4 is 0 Å². The zero-order valence-electron chi connectivity index (χ0n) is 5.90. The third-order valence-electron chi connectivity index (χ3n) is 1.74. The molecule has 0 amide bonds. The van der Waals surface area contributed by atoms with Crippen molar-refractivity contribution < 1.29 is 4.39 Å². The molecule has 0 N–H and O–H groups in total. The van der Waals surface area contributed by atoms with Gasteiger partial charge in [0.25, 0.3) is 0 Å². The van der Waals surface area contributed by atoms with Crippen LogP contribution in [0.2, 0.25) is 0 Å². The number of halogens is 1. The number of nitrogens with zero attached hydrogens (tertiary/aromatic N) is 1. The van der Waals surface area contributed by atoms with Gasteiger partial charge < -0.3 is 4.57 Å². The Bertz CT molecular complexity index is 203. The van der Waals surface area contributed by atoms with Crippen LogP contribution in [0, 0.1) is 19.7 Å². The van der Waals surface area contributed by atoms with E-state index in [-0.39, 0.29) is 5.82 Å². The standard InChI is InChI=1S/C7H10FN/c1-5-6(2)9(3)4-7(5)8/h4H,1-3H3. The van der Waals surface area contributed by atoms with Crippen LogP contribution in [0.1, 0.15) is 11.3 Å². The van der Waals surface area contributed by atoms with Crippen LogP contribution in [0.5, 0.6) is 0 Å². The number of hydrogen-bond donors (Lipinski definition) is 0. The molecule has 1 heterocycles. The van der Waals surface area contributed by atoms with E-state index in [1.54, 1.807) is 11.5 Å². The lowest BCUT2D eigenvalue weighted by Gasteiger charge is -1.92. The summed E-state index contributed by atoms with van der Waals surface area (Å²) in [5.41, 5.74) is 1.74. The third-order valence-corrected chi connectivity index (χ3v) is 1.74. The van der Waals surface area contributed by atoms with E-state index in [0.717, 1.165) is 11.3 Å². The van der Waals surface area contributed by atoms with Crippen molar-refractivity contribution in [2.24, 2.45) is 7.05 Å². The van der Waals surface area contributed by atoms with Gasteiger partial charge in [-0.2, -0.15) is 0 Å². The van der Waals surface area contributed by atoms with Crippen molar-refractivity contribution in [3.63, 3.8) is 0 Å². The van der Waals surface area contributed by atoms with Crippen LogP contribution in [-0.4, -0.2) is 4.57 Å². The van der Waals surface area contributed by atoms with Gasteiger partial charge in [-0.3, -0.25) is 0 Å². The van der Waals surface area contributed by atoms with Crippen molar-refractivity contribution in [3.05, 3.63) is 23.3 Å². The SMILES string of the molecule is Cc1c(F)cn(C)c1C. The molecule has 1 nitrogen and oxygen atoms in total. The van der Waals surface area contributed by atoms with Crippen LogP contribution in [0.15, 0.2) is 6.20 Å². The summed E-state index contributed by atoms with van der Waals surface area (Å²) in [6, 6.07) is 0. The highest BCUT2D eigenvalue weighted by Crippen LogP contribution is 2.11. The van der Waals surface area contributed by atoms with E-state index in [1.807, 2.05) is 14.0 Å².